The number of carboxylic acids is 1. The molecule has 2 rings (SSSR count). The van der Waals surface area contributed by atoms with Crippen LogP contribution in [0.25, 0.3) is 5.65 Å². The van der Waals surface area contributed by atoms with Gasteiger partial charge in [-0.05, 0) is 25.1 Å². The Balaban J connectivity index is 1.83. The summed E-state index contributed by atoms with van der Waals surface area (Å²) < 4.78 is 2.89. The Labute approximate surface area is 109 Å². The zero-order chi connectivity index (χ0) is 13.7. The van der Waals surface area contributed by atoms with E-state index in [-0.39, 0.29) is 12.1 Å². The summed E-state index contributed by atoms with van der Waals surface area (Å²) in [4.78, 5) is 22.2. The smallest absolute Gasteiger partial charge is 0.350 e. The summed E-state index contributed by atoms with van der Waals surface area (Å²) in [7, 11) is 0. The molecule has 0 saturated carbocycles. The fraction of sp³-hybridized carbons (Fsp3) is 0.417. The van der Waals surface area contributed by atoms with E-state index in [1.54, 1.807) is 18.3 Å². The molecular weight excluding hydrogens is 248 g/mol. The average molecular weight is 264 g/mol. The second kappa shape index (κ2) is 6.14. The fourth-order valence-electron chi connectivity index (χ4n) is 1.79. The van der Waals surface area contributed by atoms with Crippen molar-refractivity contribution >= 4 is 11.6 Å². The number of hydrogen-bond donors (Lipinski definition) is 2. The van der Waals surface area contributed by atoms with Crippen LogP contribution in [0.4, 0.5) is 0 Å². The number of carboxylic acid groups (broad SMARTS) is 1. The summed E-state index contributed by atoms with van der Waals surface area (Å²) in [6.07, 6.45) is 2.41. The third-order valence-electron chi connectivity index (χ3n) is 2.73. The molecule has 0 atom stereocenters. The van der Waals surface area contributed by atoms with E-state index in [4.69, 9.17) is 5.11 Å². The van der Waals surface area contributed by atoms with E-state index in [1.807, 2.05) is 6.07 Å². The highest BCUT2D eigenvalue weighted by Crippen LogP contribution is 1.94. The number of aliphatic carboxylic acids is 1. The highest BCUT2D eigenvalue weighted by molar-refractivity contribution is 5.66. The lowest BCUT2D eigenvalue weighted by Gasteiger charge is -2.02. The van der Waals surface area contributed by atoms with E-state index in [9.17, 15) is 9.59 Å². The van der Waals surface area contributed by atoms with Gasteiger partial charge in [0.1, 0.15) is 0 Å². The van der Waals surface area contributed by atoms with Crippen molar-refractivity contribution in [2.24, 2.45) is 0 Å². The Hall–Kier alpha value is -2.15. The Kier molecular flexibility index (Phi) is 4.30. The van der Waals surface area contributed by atoms with Crippen molar-refractivity contribution in [3.8, 4) is 0 Å². The van der Waals surface area contributed by atoms with Gasteiger partial charge in [-0.2, -0.15) is 0 Å². The minimum atomic E-state index is -0.793. The number of carbonyl (C=O) groups is 1. The predicted octanol–water partition coefficient (Wildman–Crippen LogP) is -0.0496. The molecule has 2 heterocycles. The molecule has 0 amide bonds. The standard InChI is InChI=1S/C12H16N4O3/c17-11(18)5-3-6-13-7-9-16-12(19)15-8-2-1-4-10(15)14-16/h1-2,4,8,13H,3,5-7,9H2,(H,17,18). The molecule has 0 aliphatic carbocycles. The van der Waals surface area contributed by atoms with E-state index in [1.165, 1.54) is 9.08 Å². The second-order valence-corrected chi connectivity index (χ2v) is 4.18. The molecule has 0 unspecified atom stereocenters. The van der Waals surface area contributed by atoms with Gasteiger partial charge in [0.05, 0.1) is 6.54 Å². The number of aromatic nitrogens is 3. The van der Waals surface area contributed by atoms with E-state index >= 15 is 0 Å². The van der Waals surface area contributed by atoms with E-state index in [2.05, 4.69) is 10.4 Å². The van der Waals surface area contributed by atoms with Crippen molar-refractivity contribution in [3.05, 3.63) is 34.9 Å². The lowest BCUT2D eigenvalue weighted by atomic mass is 10.3. The number of fused-ring (bicyclic) bond motifs is 1. The first kappa shape index (κ1) is 13.3. The van der Waals surface area contributed by atoms with Crippen LogP contribution in [-0.2, 0) is 11.3 Å². The highest BCUT2D eigenvalue weighted by Gasteiger charge is 2.04. The van der Waals surface area contributed by atoms with Crippen LogP contribution in [0.5, 0.6) is 0 Å². The van der Waals surface area contributed by atoms with Gasteiger partial charge in [-0.15, -0.1) is 5.10 Å². The van der Waals surface area contributed by atoms with Gasteiger partial charge in [-0.1, -0.05) is 6.07 Å². The number of nitrogens with one attached hydrogen (secondary N) is 1. The normalized spacial score (nSPS) is 10.9. The molecule has 2 aromatic heterocycles. The van der Waals surface area contributed by atoms with Gasteiger partial charge in [-0.25, -0.2) is 9.48 Å². The summed E-state index contributed by atoms with van der Waals surface area (Å²) in [6, 6.07) is 5.39. The van der Waals surface area contributed by atoms with Crippen LogP contribution in [0, 0.1) is 0 Å². The van der Waals surface area contributed by atoms with E-state index in [0.717, 1.165) is 0 Å². The van der Waals surface area contributed by atoms with Gasteiger partial charge < -0.3 is 10.4 Å². The fourth-order valence-corrected chi connectivity index (χ4v) is 1.79. The summed E-state index contributed by atoms with van der Waals surface area (Å²) in [5.74, 6) is -0.793. The van der Waals surface area contributed by atoms with Crippen LogP contribution in [0.15, 0.2) is 29.2 Å². The molecule has 102 valence electrons. The van der Waals surface area contributed by atoms with Crippen molar-refractivity contribution in [2.75, 3.05) is 13.1 Å². The molecule has 0 bridgehead atoms. The number of nitrogens with zero attached hydrogens (tertiary/aromatic N) is 3. The van der Waals surface area contributed by atoms with E-state index in [0.29, 0.717) is 31.7 Å². The van der Waals surface area contributed by atoms with Gasteiger partial charge in [0, 0.05) is 19.2 Å². The number of rotatable bonds is 7. The maximum atomic E-state index is 11.9. The summed E-state index contributed by atoms with van der Waals surface area (Å²) in [5, 5.41) is 15.8. The van der Waals surface area contributed by atoms with Crippen LogP contribution < -0.4 is 11.0 Å². The Morgan fingerprint density at radius 1 is 1.37 bits per heavy atom. The quantitative estimate of drug-likeness (QED) is 0.684. The third kappa shape index (κ3) is 3.41. The molecule has 0 aliphatic rings. The van der Waals surface area contributed by atoms with Crippen LogP contribution in [0.1, 0.15) is 12.8 Å². The van der Waals surface area contributed by atoms with E-state index < -0.39 is 5.97 Å². The third-order valence-corrected chi connectivity index (χ3v) is 2.73. The van der Waals surface area contributed by atoms with Gasteiger partial charge in [0.25, 0.3) is 0 Å². The molecule has 2 aromatic rings. The zero-order valence-electron chi connectivity index (χ0n) is 10.5. The molecule has 19 heavy (non-hydrogen) atoms. The predicted molar refractivity (Wildman–Crippen MR) is 69.2 cm³/mol. The average Bonchev–Trinajstić information content (AvgIpc) is 2.71. The first-order chi connectivity index (χ1) is 9.18. The van der Waals surface area contributed by atoms with Gasteiger partial charge in [-0.3, -0.25) is 9.20 Å². The minimum absolute atomic E-state index is 0.154. The summed E-state index contributed by atoms with van der Waals surface area (Å²) in [6.45, 7) is 1.67. The van der Waals surface area contributed by atoms with Crippen LogP contribution in [0.3, 0.4) is 0 Å². The largest absolute Gasteiger partial charge is 0.481 e. The molecule has 0 fully saturated rings. The van der Waals surface area contributed by atoms with Crippen molar-refractivity contribution in [2.45, 2.75) is 19.4 Å². The summed E-state index contributed by atoms with van der Waals surface area (Å²) >= 11 is 0. The zero-order valence-corrected chi connectivity index (χ0v) is 10.5. The molecule has 2 N–H and O–H groups in total. The van der Waals surface area contributed by atoms with Crippen molar-refractivity contribution in [3.63, 3.8) is 0 Å². The maximum absolute atomic E-state index is 11.9. The first-order valence-corrected chi connectivity index (χ1v) is 6.15. The van der Waals surface area contributed by atoms with Crippen LogP contribution in [-0.4, -0.2) is 38.3 Å². The van der Waals surface area contributed by atoms with Gasteiger partial charge >= 0.3 is 11.7 Å². The summed E-state index contributed by atoms with van der Waals surface area (Å²) in [5.41, 5.74) is 0.460. The molecule has 0 aliphatic heterocycles. The number of hydrogen-bond acceptors (Lipinski definition) is 4. The highest BCUT2D eigenvalue weighted by atomic mass is 16.4. The van der Waals surface area contributed by atoms with Crippen LogP contribution in [0.2, 0.25) is 0 Å². The Morgan fingerprint density at radius 2 is 2.21 bits per heavy atom. The topological polar surface area (TPSA) is 88.6 Å². The molecule has 7 nitrogen and oxygen atoms in total. The van der Waals surface area contributed by atoms with Gasteiger partial charge in [0.2, 0.25) is 0 Å². The lowest BCUT2D eigenvalue weighted by Crippen LogP contribution is -2.28. The molecule has 0 aromatic carbocycles. The molecule has 0 radical (unpaired) electrons. The molecule has 0 spiro atoms. The molecular formula is C12H16N4O3. The van der Waals surface area contributed by atoms with Crippen LogP contribution >= 0.6 is 0 Å². The Bertz CT molecular complexity index is 617. The monoisotopic (exact) mass is 264 g/mol. The minimum Gasteiger partial charge on any atom is -0.481 e. The molecule has 0 saturated heterocycles. The van der Waals surface area contributed by atoms with Crippen molar-refractivity contribution in [1.29, 1.82) is 0 Å². The lowest BCUT2D eigenvalue weighted by molar-refractivity contribution is -0.137. The second-order valence-electron chi connectivity index (χ2n) is 4.18. The number of pyridine rings is 1. The Morgan fingerprint density at radius 3 is 2.95 bits per heavy atom. The molecule has 7 heteroatoms. The van der Waals surface area contributed by atoms with Gasteiger partial charge in [0.15, 0.2) is 5.65 Å². The van der Waals surface area contributed by atoms with Crippen molar-refractivity contribution in [1.82, 2.24) is 19.5 Å². The SMILES string of the molecule is O=C(O)CCCNCCn1nc2ccccn2c1=O. The van der Waals surface area contributed by atoms with Crippen molar-refractivity contribution < 1.29 is 9.90 Å². The first-order valence-electron chi connectivity index (χ1n) is 6.15. The maximum Gasteiger partial charge on any atom is 0.350 e.